The molecular weight excluding hydrogens is 392 g/mol. The van der Waals surface area contributed by atoms with Crippen LogP contribution in [0.15, 0.2) is 30.3 Å². The van der Waals surface area contributed by atoms with Crippen molar-refractivity contribution in [1.82, 2.24) is 10.2 Å². The molecule has 31 heavy (non-hydrogen) atoms. The minimum Gasteiger partial charge on any atom is -0.346 e. The molecule has 0 fully saturated rings. The van der Waals surface area contributed by atoms with E-state index < -0.39 is 0 Å². The zero-order valence-corrected chi connectivity index (χ0v) is 19.2. The van der Waals surface area contributed by atoms with Crippen LogP contribution in [0.4, 0.5) is 11.4 Å². The molecule has 3 N–H and O–H groups in total. The lowest BCUT2D eigenvalue weighted by atomic mass is 10.1. The minimum absolute atomic E-state index is 0.0100. The largest absolute Gasteiger partial charge is 0.346 e. The van der Waals surface area contributed by atoms with Gasteiger partial charge in [-0.25, -0.2) is 0 Å². The zero-order valence-electron chi connectivity index (χ0n) is 19.2. The number of amides is 3. The predicted molar refractivity (Wildman–Crippen MR) is 124 cm³/mol. The van der Waals surface area contributed by atoms with Gasteiger partial charge in [-0.05, 0) is 70.0 Å². The lowest BCUT2D eigenvalue weighted by Crippen LogP contribution is -2.41. The molecule has 7 nitrogen and oxygen atoms in total. The molecule has 7 heteroatoms. The van der Waals surface area contributed by atoms with Crippen molar-refractivity contribution in [3.63, 3.8) is 0 Å². The second kappa shape index (κ2) is 10.7. The Morgan fingerprint density at radius 3 is 2.06 bits per heavy atom. The van der Waals surface area contributed by atoms with Gasteiger partial charge < -0.3 is 16.0 Å². The van der Waals surface area contributed by atoms with Crippen molar-refractivity contribution in [3.8, 4) is 0 Å². The number of nitrogens with one attached hydrogen (secondary N) is 3. The second-order valence-corrected chi connectivity index (χ2v) is 8.07. The normalized spacial score (nSPS) is 10.7. The number of benzene rings is 2. The van der Waals surface area contributed by atoms with Gasteiger partial charge in [-0.2, -0.15) is 0 Å². The highest BCUT2D eigenvalue weighted by molar-refractivity contribution is 5.96. The predicted octanol–water partition coefficient (Wildman–Crippen LogP) is 2.85. The van der Waals surface area contributed by atoms with Crippen molar-refractivity contribution < 1.29 is 14.4 Å². The van der Waals surface area contributed by atoms with Gasteiger partial charge in [-0.3, -0.25) is 19.3 Å². The summed E-state index contributed by atoms with van der Waals surface area (Å²) in [6, 6.07) is 9.72. The summed E-state index contributed by atoms with van der Waals surface area (Å²) >= 11 is 0. The number of rotatable bonds is 8. The Labute approximate surface area is 184 Å². The first-order valence-corrected chi connectivity index (χ1v) is 10.3. The Hall–Kier alpha value is -3.19. The molecule has 0 atom stereocenters. The lowest BCUT2D eigenvalue weighted by Gasteiger charge is -2.17. The summed E-state index contributed by atoms with van der Waals surface area (Å²) in [5.74, 6) is -0.819. The molecule has 0 heterocycles. The third-order valence-electron chi connectivity index (χ3n) is 5.09. The number of aryl methyl sites for hydroxylation is 4. The highest BCUT2D eigenvalue weighted by Crippen LogP contribution is 2.21. The van der Waals surface area contributed by atoms with Gasteiger partial charge in [-0.1, -0.05) is 29.8 Å². The number of likely N-dealkylation sites (N-methyl/N-ethyl adjacent to an activating group) is 1. The molecule has 0 radical (unpaired) electrons. The Balaban J connectivity index is 1.78. The van der Waals surface area contributed by atoms with Gasteiger partial charge in [0, 0.05) is 11.4 Å². The summed E-state index contributed by atoms with van der Waals surface area (Å²) in [5.41, 5.74) is 6.73. The van der Waals surface area contributed by atoms with E-state index in [9.17, 15) is 14.4 Å². The first-order valence-electron chi connectivity index (χ1n) is 10.3. The maximum absolute atomic E-state index is 12.3. The highest BCUT2D eigenvalue weighted by atomic mass is 16.2. The first-order chi connectivity index (χ1) is 14.6. The molecule has 0 aliphatic heterocycles. The summed E-state index contributed by atoms with van der Waals surface area (Å²) in [6.07, 6.45) is 0. The molecule has 0 saturated heterocycles. The fourth-order valence-electron chi connectivity index (χ4n) is 3.42. The van der Waals surface area contributed by atoms with Crippen molar-refractivity contribution in [2.75, 3.05) is 37.3 Å². The van der Waals surface area contributed by atoms with E-state index >= 15 is 0 Å². The van der Waals surface area contributed by atoms with E-state index in [1.807, 2.05) is 65.0 Å². The summed E-state index contributed by atoms with van der Waals surface area (Å²) in [4.78, 5) is 38.3. The number of carbonyl (C=O) groups excluding carboxylic acids is 3. The second-order valence-electron chi connectivity index (χ2n) is 8.07. The molecule has 2 aromatic rings. The molecule has 0 aliphatic rings. The SMILES string of the molecule is Cc1cc(C)c(NC(=O)CNC(=O)CN(C)CC(=O)Nc2cccc(C)c2C)c(C)c1. The van der Waals surface area contributed by atoms with Gasteiger partial charge in [0.1, 0.15) is 0 Å². The number of carbonyl (C=O) groups is 3. The Morgan fingerprint density at radius 2 is 1.42 bits per heavy atom. The molecule has 0 bridgehead atoms. The zero-order chi connectivity index (χ0) is 23.1. The first kappa shape index (κ1) is 24.1. The summed E-state index contributed by atoms with van der Waals surface area (Å²) in [5, 5.41) is 8.32. The van der Waals surface area contributed by atoms with Gasteiger partial charge in [0.15, 0.2) is 0 Å². The van der Waals surface area contributed by atoms with Crippen molar-refractivity contribution in [1.29, 1.82) is 0 Å². The van der Waals surface area contributed by atoms with E-state index in [0.717, 1.165) is 39.2 Å². The molecule has 166 valence electrons. The monoisotopic (exact) mass is 424 g/mol. The van der Waals surface area contributed by atoms with Crippen LogP contribution in [0.3, 0.4) is 0 Å². The Bertz CT molecular complexity index is 962. The van der Waals surface area contributed by atoms with Crippen LogP contribution in [0.5, 0.6) is 0 Å². The number of anilines is 2. The van der Waals surface area contributed by atoms with Crippen molar-refractivity contribution in [2.45, 2.75) is 34.6 Å². The Kier molecular flexibility index (Phi) is 8.33. The van der Waals surface area contributed by atoms with Gasteiger partial charge in [0.05, 0.1) is 19.6 Å². The minimum atomic E-state index is -0.325. The molecule has 3 amide bonds. The summed E-state index contributed by atoms with van der Waals surface area (Å²) < 4.78 is 0. The average molecular weight is 425 g/mol. The van der Waals surface area contributed by atoms with Gasteiger partial charge in [-0.15, -0.1) is 0 Å². The number of hydrogen-bond donors (Lipinski definition) is 3. The van der Waals surface area contributed by atoms with Gasteiger partial charge in [0.2, 0.25) is 17.7 Å². The van der Waals surface area contributed by atoms with E-state index in [-0.39, 0.29) is 37.4 Å². The van der Waals surface area contributed by atoms with Crippen LogP contribution in [0.2, 0.25) is 0 Å². The molecule has 0 saturated carbocycles. The summed E-state index contributed by atoms with van der Waals surface area (Å²) in [6.45, 7) is 9.76. The standard InChI is InChI=1S/C24H32N4O3/c1-15-10-17(3)24(18(4)11-15)27-21(29)12-25-22(30)13-28(6)14-23(31)26-20-9-7-8-16(2)19(20)5/h7-11H,12-14H2,1-6H3,(H,25,30)(H,26,31)(H,27,29). The quantitative estimate of drug-likeness (QED) is 0.608. The number of nitrogens with zero attached hydrogens (tertiary/aromatic N) is 1. The van der Waals surface area contributed by atoms with E-state index in [1.54, 1.807) is 11.9 Å². The molecule has 0 spiro atoms. The molecule has 2 rings (SSSR count). The van der Waals surface area contributed by atoms with Gasteiger partial charge >= 0.3 is 0 Å². The van der Waals surface area contributed by atoms with Crippen LogP contribution < -0.4 is 16.0 Å². The van der Waals surface area contributed by atoms with Crippen LogP contribution in [-0.2, 0) is 14.4 Å². The molecule has 2 aromatic carbocycles. The maximum Gasteiger partial charge on any atom is 0.243 e. The van der Waals surface area contributed by atoms with Crippen LogP contribution >= 0.6 is 0 Å². The van der Waals surface area contributed by atoms with E-state index in [0.29, 0.717) is 0 Å². The van der Waals surface area contributed by atoms with Crippen LogP contribution in [-0.4, -0.2) is 49.3 Å². The smallest absolute Gasteiger partial charge is 0.243 e. The average Bonchev–Trinajstić information content (AvgIpc) is 2.66. The van der Waals surface area contributed by atoms with Crippen molar-refractivity contribution in [2.24, 2.45) is 0 Å². The van der Waals surface area contributed by atoms with Crippen molar-refractivity contribution >= 4 is 29.1 Å². The highest BCUT2D eigenvalue weighted by Gasteiger charge is 2.14. The van der Waals surface area contributed by atoms with Crippen LogP contribution in [0, 0.1) is 34.6 Å². The maximum atomic E-state index is 12.3. The third kappa shape index (κ3) is 7.22. The topological polar surface area (TPSA) is 90.5 Å². The van der Waals surface area contributed by atoms with E-state index in [1.165, 1.54) is 0 Å². The lowest BCUT2D eigenvalue weighted by molar-refractivity contribution is -0.125. The Morgan fingerprint density at radius 1 is 0.806 bits per heavy atom. The molecule has 0 unspecified atom stereocenters. The van der Waals surface area contributed by atoms with E-state index in [2.05, 4.69) is 16.0 Å². The van der Waals surface area contributed by atoms with Crippen LogP contribution in [0.25, 0.3) is 0 Å². The van der Waals surface area contributed by atoms with Gasteiger partial charge in [0.25, 0.3) is 0 Å². The molecular formula is C24H32N4O3. The van der Waals surface area contributed by atoms with E-state index in [4.69, 9.17) is 0 Å². The third-order valence-corrected chi connectivity index (χ3v) is 5.09. The van der Waals surface area contributed by atoms with Crippen LogP contribution in [0.1, 0.15) is 27.8 Å². The fraction of sp³-hybridized carbons (Fsp3) is 0.375. The number of hydrogen-bond acceptors (Lipinski definition) is 4. The van der Waals surface area contributed by atoms with Crippen molar-refractivity contribution in [3.05, 3.63) is 58.1 Å². The summed E-state index contributed by atoms with van der Waals surface area (Å²) in [7, 11) is 1.68. The fourth-order valence-corrected chi connectivity index (χ4v) is 3.42. The molecule has 0 aliphatic carbocycles. The molecule has 0 aromatic heterocycles.